The third kappa shape index (κ3) is 3.86. The largest absolute Gasteiger partial charge is 0.495 e. The Bertz CT molecular complexity index is 1200. The van der Waals surface area contributed by atoms with E-state index >= 15 is 0 Å². The van der Waals surface area contributed by atoms with Crippen molar-refractivity contribution >= 4 is 33.5 Å². The number of amides is 1. The minimum atomic E-state index is -0.411. The van der Waals surface area contributed by atoms with E-state index in [4.69, 9.17) is 9.15 Å². The van der Waals surface area contributed by atoms with Crippen LogP contribution >= 0.6 is 0 Å². The Kier molecular flexibility index (Phi) is 5.42. The topological polar surface area (TPSA) is 54.7 Å². The van der Waals surface area contributed by atoms with E-state index in [0.717, 1.165) is 21.9 Å². The lowest BCUT2D eigenvalue weighted by Crippen LogP contribution is -2.39. The SMILES string of the molecule is COc1cc2c(cc1NC(=O)[C@@H](C)N(C)Cc1ccc(F)cc1)oc1ccccc12. The van der Waals surface area contributed by atoms with Crippen LogP contribution in [0.2, 0.25) is 0 Å². The zero-order chi connectivity index (χ0) is 21.3. The summed E-state index contributed by atoms with van der Waals surface area (Å²) in [5.41, 5.74) is 2.95. The number of para-hydroxylation sites is 1. The van der Waals surface area contributed by atoms with Crippen molar-refractivity contribution in [3.63, 3.8) is 0 Å². The summed E-state index contributed by atoms with van der Waals surface area (Å²) >= 11 is 0. The van der Waals surface area contributed by atoms with Gasteiger partial charge < -0.3 is 14.5 Å². The summed E-state index contributed by atoms with van der Waals surface area (Å²) in [4.78, 5) is 14.8. The summed E-state index contributed by atoms with van der Waals surface area (Å²) in [5, 5.41) is 4.88. The minimum Gasteiger partial charge on any atom is -0.495 e. The molecule has 0 aliphatic heterocycles. The van der Waals surface area contributed by atoms with Gasteiger partial charge in [0.2, 0.25) is 5.91 Å². The molecule has 1 amide bonds. The zero-order valence-corrected chi connectivity index (χ0v) is 17.1. The highest BCUT2D eigenvalue weighted by Crippen LogP contribution is 2.36. The number of anilines is 1. The Morgan fingerprint density at radius 3 is 2.57 bits per heavy atom. The second kappa shape index (κ2) is 8.16. The maximum atomic E-state index is 13.1. The van der Waals surface area contributed by atoms with Gasteiger partial charge in [0, 0.05) is 23.4 Å². The van der Waals surface area contributed by atoms with Crippen LogP contribution in [0.4, 0.5) is 10.1 Å². The van der Waals surface area contributed by atoms with Gasteiger partial charge in [-0.15, -0.1) is 0 Å². The van der Waals surface area contributed by atoms with Crippen LogP contribution in [0.5, 0.6) is 5.75 Å². The van der Waals surface area contributed by atoms with Gasteiger partial charge in [0.05, 0.1) is 18.8 Å². The Hall–Kier alpha value is -3.38. The van der Waals surface area contributed by atoms with E-state index in [1.54, 1.807) is 25.3 Å². The predicted octanol–water partition coefficient (Wildman–Crippen LogP) is 5.19. The van der Waals surface area contributed by atoms with Crippen LogP contribution in [0.25, 0.3) is 21.9 Å². The quantitative estimate of drug-likeness (QED) is 0.479. The lowest BCUT2D eigenvalue weighted by atomic mass is 10.1. The number of hydrogen-bond donors (Lipinski definition) is 1. The molecule has 0 aliphatic rings. The van der Waals surface area contributed by atoms with Gasteiger partial charge in [-0.2, -0.15) is 0 Å². The number of fused-ring (bicyclic) bond motifs is 3. The maximum absolute atomic E-state index is 13.1. The van der Waals surface area contributed by atoms with Crippen LogP contribution in [-0.4, -0.2) is 31.0 Å². The number of furan rings is 1. The van der Waals surface area contributed by atoms with Gasteiger partial charge >= 0.3 is 0 Å². The summed E-state index contributed by atoms with van der Waals surface area (Å²) in [7, 11) is 3.43. The molecule has 0 radical (unpaired) electrons. The highest BCUT2D eigenvalue weighted by Gasteiger charge is 2.21. The average molecular weight is 406 g/mol. The first-order valence-electron chi connectivity index (χ1n) is 9.71. The fourth-order valence-corrected chi connectivity index (χ4v) is 3.47. The fourth-order valence-electron chi connectivity index (χ4n) is 3.47. The molecule has 0 saturated heterocycles. The second-order valence-corrected chi connectivity index (χ2v) is 7.35. The van der Waals surface area contributed by atoms with Gasteiger partial charge in [0.25, 0.3) is 0 Å². The third-order valence-electron chi connectivity index (χ3n) is 5.34. The molecular formula is C24H23FN2O3. The standard InChI is InChI=1S/C24H23FN2O3/c1-15(27(2)14-16-8-10-17(25)11-9-16)24(28)26-20-13-22-19(12-23(20)29-3)18-6-4-5-7-21(18)30-22/h4-13,15H,14H2,1-3H3,(H,26,28)/t15-/m1/s1. The summed E-state index contributed by atoms with van der Waals surface area (Å²) in [6, 6.07) is 17.3. The van der Waals surface area contributed by atoms with E-state index in [-0.39, 0.29) is 11.7 Å². The van der Waals surface area contributed by atoms with Crippen LogP contribution in [0, 0.1) is 5.82 Å². The number of benzene rings is 3. The van der Waals surface area contributed by atoms with Crippen molar-refractivity contribution < 1.29 is 18.3 Å². The lowest BCUT2D eigenvalue weighted by Gasteiger charge is -2.24. The molecule has 6 heteroatoms. The van der Waals surface area contributed by atoms with E-state index < -0.39 is 6.04 Å². The molecule has 1 N–H and O–H groups in total. The van der Waals surface area contributed by atoms with Crippen LogP contribution in [0.15, 0.2) is 65.1 Å². The molecule has 3 aromatic carbocycles. The number of carbonyl (C=O) groups excluding carboxylic acids is 1. The molecule has 4 rings (SSSR count). The number of rotatable bonds is 6. The third-order valence-corrected chi connectivity index (χ3v) is 5.34. The Morgan fingerprint density at radius 1 is 1.10 bits per heavy atom. The fraction of sp³-hybridized carbons (Fsp3) is 0.208. The van der Waals surface area contributed by atoms with Crippen molar-refractivity contribution in [2.75, 3.05) is 19.5 Å². The highest BCUT2D eigenvalue weighted by molar-refractivity contribution is 6.08. The van der Waals surface area contributed by atoms with E-state index in [1.807, 2.05) is 49.2 Å². The average Bonchev–Trinajstić information content (AvgIpc) is 3.11. The van der Waals surface area contributed by atoms with Crippen molar-refractivity contribution in [3.8, 4) is 5.75 Å². The Morgan fingerprint density at radius 2 is 1.83 bits per heavy atom. The van der Waals surface area contributed by atoms with Crippen LogP contribution in [-0.2, 0) is 11.3 Å². The number of nitrogens with zero attached hydrogens (tertiary/aromatic N) is 1. The number of methoxy groups -OCH3 is 1. The Balaban J connectivity index is 1.55. The molecule has 5 nitrogen and oxygen atoms in total. The Labute approximate surface area is 174 Å². The van der Waals surface area contributed by atoms with Crippen molar-refractivity contribution in [1.82, 2.24) is 4.90 Å². The number of halogens is 1. The molecule has 154 valence electrons. The van der Waals surface area contributed by atoms with Gasteiger partial charge in [-0.05, 0) is 43.8 Å². The van der Waals surface area contributed by atoms with Crippen LogP contribution < -0.4 is 10.1 Å². The molecule has 1 aromatic heterocycles. The summed E-state index contributed by atoms with van der Waals surface area (Å²) < 4.78 is 24.5. The van der Waals surface area contributed by atoms with Crippen molar-refractivity contribution in [1.29, 1.82) is 0 Å². The van der Waals surface area contributed by atoms with Gasteiger partial charge in [-0.25, -0.2) is 4.39 Å². The lowest BCUT2D eigenvalue weighted by molar-refractivity contribution is -0.120. The van der Waals surface area contributed by atoms with Crippen molar-refractivity contribution in [2.45, 2.75) is 19.5 Å². The summed E-state index contributed by atoms with van der Waals surface area (Å²) in [6.45, 7) is 2.35. The number of carbonyl (C=O) groups is 1. The normalized spacial score (nSPS) is 12.4. The van der Waals surface area contributed by atoms with Crippen LogP contribution in [0.1, 0.15) is 12.5 Å². The highest BCUT2D eigenvalue weighted by atomic mass is 19.1. The number of nitrogens with one attached hydrogen (secondary N) is 1. The van der Waals surface area contributed by atoms with E-state index in [0.29, 0.717) is 23.6 Å². The molecule has 0 bridgehead atoms. The van der Waals surface area contributed by atoms with E-state index in [2.05, 4.69) is 5.32 Å². The molecular weight excluding hydrogens is 383 g/mol. The first-order chi connectivity index (χ1) is 14.5. The molecule has 0 saturated carbocycles. The smallest absolute Gasteiger partial charge is 0.241 e. The molecule has 4 aromatic rings. The molecule has 0 fully saturated rings. The maximum Gasteiger partial charge on any atom is 0.241 e. The number of ether oxygens (including phenoxy) is 1. The molecule has 0 unspecified atom stereocenters. The zero-order valence-electron chi connectivity index (χ0n) is 17.1. The molecule has 1 heterocycles. The molecule has 0 spiro atoms. The van der Waals surface area contributed by atoms with Crippen LogP contribution in [0.3, 0.4) is 0 Å². The molecule has 0 aliphatic carbocycles. The summed E-state index contributed by atoms with van der Waals surface area (Å²) in [5.74, 6) is 0.115. The monoisotopic (exact) mass is 406 g/mol. The first kappa shape index (κ1) is 19.9. The van der Waals surface area contributed by atoms with Crippen molar-refractivity contribution in [2.24, 2.45) is 0 Å². The summed E-state index contributed by atoms with van der Waals surface area (Å²) in [6.07, 6.45) is 0. The number of hydrogen-bond acceptors (Lipinski definition) is 4. The molecule has 1 atom stereocenters. The van der Waals surface area contributed by atoms with Crippen molar-refractivity contribution in [3.05, 3.63) is 72.0 Å². The van der Waals surface area contributed by atoms with E-state index in [9.17, 15) is 9.18 Å². The second-order valence-electron chi connectivity index (χ2n) is 7.35. The van der Waals surface area contributed by atoms with Gasteiger partial charge in [0.15, 0.2) is 0 Å². The minimum absolute atomic E-state index is 0.173. The first-order valence-corrected chi connectivity index (χ1v) is 9.71. The molecule has 30 heavy (non-hydrogen) atoms. The van der Waals surface area contributed by atoms with E-state index in [1.165, 1.54) is 12.1 Å². The van der Waals surface area contributed by atoms with Gasteiger partial charge in [-0.3, -0.25) is 9.69 Å². The van der Waals surface area contributed by atoms with Gasteiger partial charge in [0.1, 0.15) is 22.7 Å². The number of likely N-dealkylation sites (N-methyl/N-ethyl adjacent to an activating group) is 1. The predicted molar refractivity (Wildman–Crippen MR) is 116 cm³/mol. The van der Waals surface area contributed by atoms with Gasteiger partial charge in [-0.1, -0.05) is 30.3 Å².